The molecule has 2 aliphatic rings. The molecule has 0 saturated carbocycles. The zero-order valence-electron chi connectivity index (χ0n) is 12.1. The molecule has 0 radical (unpaired) electrons. The van der Waals surface area contributed by atoms with E-state index in [-0.39, 0.29) is 11.7 Å². The van der Waals surface area contributed by atoms with Crippen LogP contribution in [0.3, 0.4) is 0 Å². The van der Waals surface area contributed by atoms with Crippen LogP contribution in [0.2, 0.25) is 5.02 Å². The van der Waals surface area contributed by atoms with Crippen molar-refractivity contribution in [2.45, 2.75) is 37.4 Å². The molecule has 1 aromatic rings. The number of ether oxygens (including phenoxy) is 3. The number of nitrogens with two attached hydrogens (primary N) is 1. The topological polar surface area (TPSA) is 53.7 Å². The summed E-state index contributed by atoms with van der Waals surface area (Å²) < 4.78 is 17.7. The van der Waals surface area contributed by atoms with Gasteiger partial charge < -0.3 is 19.9 Å². The van der Waals surface area contributed by atoms with Gasteiger partial charge in [0.25, 0.3) is 0 Å². The van der Waals surface area contributed by atoms with Crippen molar-refractivity contribution in [1.82, 2.24) is 0 Å². The Hall–Kier alpha value is -0.810. The minimum absolute atomic E-state index is 0.122. The van der Waals surface area contributed by atoms with E-state index in [4.69, 9.17) is 31.5 Å². The zero-order chi connectivity index (χ0) is 14.7. The molecule has 21 heavy (non-hydrogen) atoms. The van der Waals surface area contributed by atoms with Crippen LogP contribution in [0.1, 0.15) is 24.8 Å². The number of rotatable bonds is 4. The van der Waals surface area contributed by atoms with Crippen LogP contribution in [0.25, 0.3) is 0 Å². The van der Waals surface area contributed by atoms with Crippen molar-refractivity contribution in [2.75, 3.05) is 26.4 Å². The molecule has 1 aromatic carbocycles. The van der Waals surface area contributed by atoms with Crippen LogP contribution >= 0.6 is 11.6 Å². The minimum atomic E-state index is -0.155. The summed E-state index contributed by atoms with van der Waals surface area (Å²) in [7, 11) is 0. The highest BCUT2D eigenvalue weighted by molar-refractivity contribution is 6.32. The van der Waals surface area contributed by atoms with Gasteiger partial charge in [-0.1, -0.05) is 23.7 Å². The third-order valence-electron chi connectivity index (χ3n) is 4.26. The van der Waals surface area contributed by atoms with E-state index in [1.807, 2.05) is 18.2 Å². The lowest BCUT2D eigenvalue weighted by molar-refractivity contribution is -0.112. The van der Waals surface area contributed by atoms with E-state index in [1.165, 1.54) is 0 Å². The highest BCUT2D eigenvalue weighted by Gasteiger charge is 2.42. The highest BCUT2D eigenvalue weighted by Crippen LogP contribution is 2.37. The van der Waals surface area contributed by atoms with Crippen LogP contribution in [0.15, 0.2) is 18.2 Å². The van der Waals surface area contributed by atoms with Gasteiger partial charge in [0.05, 0.1) is 23.8 Å². The fraction of sp³-hybridized carbons (Fsp3) is 0.625. The summed E-state index contributed by atoms with van der Waals surface area (Å²) in [6.45, 7) is 2.75. The molecule has 116 valence electrons. The van der Waals surface area contributed by atoms with Crippen molar-refractivity contribution in [1.29, 1.82) is 0 Å². The van der Waals surface area contributed by atoms with E-state index < -0.39 is 0 Å². The molecule has 0 bridgehead atoms. The predicted molar refractivity (Wildman–Crippen MR) is 82.0 cm³/mol. The van der Waals surface area contributed by atoms with Crippen LogP contribution < -0.4 is 10.5 Å². The van der Waals surface area contributed by atoms with Gasteiger partial charge in [-0.05, 0) is 24.6 Å². The molecule has 2 atom stereocenters. The van der Waals surface area contributed by atoms with Crippen LogP contribution in [0.5, 0.6) is 5.75 Å². The largest absolute Gasteiger partial charge is 0.488 e. The first-order valence-corrected chi connectivity index (χ1v) is 7.96. The second-order valence-electron chi connectivity index (χ2n) is 5.83. The quantitative estimate of drug-likeness (QED) is 0.928. The molecule has 5 heteroatoms. The van der Waals surface area contributed by atoms with Gasteiger partial charge in [0, 0.05) is 25.9 Å². The van der Waals surface area contributed by atoms with Crippen molar-refractivity contribution in [3.63, 3.8) is 0 Å². The summed E-state index contributed by atoms with van der Waals surface area (Å²) in [4.78, 5) is 0. The van der Waals surface area contributed by atoms with Crippen molar-refractivity contribution in [3.8, 4) is 5.75 Å². The Balaban J connectivity index is 1.74. The molecular formula is C16H22ClNO3. The summed E-state index contributed by atoms with van der Waals surface area (Å²) in [6.07, 6.45) is 3.59. The standard InChI is InChI=1S/C16H22ClNO3/c17-14-3-1-2-12(4-7-18)15(14)21-13-5-8-20-16(10-13)6-9-19-11-16/h1-3,13H,4-11,18H2. The summed E-state index contributed by atoms with van der Waals surface area (Å²) in [5, 5.41) is 0.657. The molecule has 2 fully saturated rings. The first-order chi connectivity index (χ1) is 10.2. The molecule has 0 aliphatic carbocycles. The van der Waals surface area contributed by atoms with E-state index >= 15 is 0 Å². The van der Waals surface area contributed by atoms with Crippen molar-refractivity contribution in [3.05, 3.63) is 28.8 Å². The monoisotopic (exact) mass is 311 g/mol. The van der Waals surface area contributed by atoms with Gasteiger partial charge in [0.15, 0.2) is 0 Å². The van der Waals surface area contributed by atoms with Crippen LogP contribution in [-0.4, -0.2) is 38.1 Å². The minimum Gasteiger partial charge on any atom is -0.488 e. The lowest BCUT2D eigenvalue weighted by Gasteiger charge is -2.37. The molecule has 2 heterocycles. The summed E-state index contributed by atoms with van der Waals surface area (Å²) in [5.74, 6) is 0.783. The molecule has 0 amide bonds. The highest BCUT2D eigenvalue weighted by atomic mass is 35.5. The molecule has 2 aliphatic heterocycles. The molecule has 1 spiro atoms. The molecule has 2 N–H and O–H groups in total. The second kappa shape index (κ2) is 6.53. The maximum atomic E-state index is 6.31. The lowest BCUT2D eigenvalue weighted by atomic mass is 9.91. The van der Waals surface area contributed by atoms with E-state index in [9.17, 15) is 0 Å². The lowest BCUT2D eigenvalue weighted by Crippen LogP contribution is -2.44. The van der Waals surface area contributed by atoms with Crippen LogP contribution in [-0.2, 0) is 15.9 Å². The maximum Gasteiger partial charge on any atom is 0.141 e. The average molecular weight is 312 g/mol. The summed E-state index contributed by atoms with van der Waals surface area (Å²) >= 11 is 6.31. The Morgan fingerprint density at radius 1 is 1.38 bits per heavy atom. The van der Waals surface area contributed by atoms with Crippen molar-refractivity contribution >= 4 is 11.6 Å². The number of benzene rings is 1. The Morgan fingerprint density at radius 2 is 2.29 bits per heavy atom. The molecule has 2 unspecified atom stereocenters. The Bertz CT molecular complexity index is 488. The predicted octanol–water partition coefficient (Wildman–Crippen LogP) is 2.56. The first-order valence-electron chi connectivity index (χ1n) is 7.58. The molecule has 3 rings (SSSR count). The number of para-hydroxylation sites is 1. The van der Waals surface area contributed by atoms with Gasteiger partial charge in [-0.3, -0.25) is 0 Å². The zero-order valence-corrected chi connectivity index (χ0v) is 12.9. The fourth-order valence-electron chi connectivity index (χ4n) is 3.15. The average Bonchev–Trinajstić information content (AvgIpc) is 2.91. The van der Waals surface area contributed by atoms with Gasteiger partial charge in [0.1, 0.15) is 11.9 Å². The molecule has 0 aromatic heterocycles. The van der Waals surface area contributed by atoms with Gasteiger partial charge in [-0.15, -0.1) is 0 Å². The molecule has 2 saturated heterocycles. The van der Waals surface area contributed by atoms with Gasteiger partial charge in [0.2, 0.25) is 0 Å². The normalized spacial score (nSPS) is 29.0. The van der Waals surface area contributed by atoms with Crippen LogP contribution in [0, 0.1) is 0 Å². The number of hydrogen-bond donors (Lipinski definition) is 1. The van der Waals surface area contributed by atoms with E-state index in [1.54, 1.807) is 0 Å². The third kappa shape index (κ3) is 3.34. The number of hydrogen-bond acceptors (Lipinski definition) is 4. The number of halogens is 1. The van der Waals surface area contributed by atoms with E-state index in [0.717, 1.165) is 43.6 Å². The summed E-state index contributed by atoms with van der Waals surface area (Å²) in [5.41, 5.74) is 6.59. The van der Waals surface area contributed by atoms with Gasteiger partial charge in [-0.25, -0.2) is 0 Å². The van der Waals surface area contributed by atoms with Crippen molar-refractivity contribution < 1.29 is 14.2 Å². The maximum absolute atomic E-state index is 6.31. The smallest absolute Gasteiger partial charge is 0.141 e. The van der Waals surface area contributed by atoms with Crippen LogP contribution in [0.4, 0.5) is 0 Å². The third-order valence-corrected chi connectivity index (χ3v) is 4.56. The Morgan fingerprint density at radius 3 is 3.05 bits per heavy atom. The SMILES string of the molecule is NCCc1cccc(Cl)c1OC1CCOC2(CCOC2)C1. The fourth-order valence-corrected chi connectivity index (χ4v) is 3.39. The van der Waals surface area contributed by atoms with Gasteiger partial charge >= 0.3 is 0 Å². The molecule has 4 nitrogen and oxygen atoms in total. The Kier molecular flexibility index (Phi) is 4.69. The van der Waals surface area contributed by atoms with Crippen molar-refractivity contribution in [2.24, 2.45) is 5.73 Å². The second-order valence-corrected chi connectivity index (χ2v) is 6.24. The first kappa shape index (κ1) is 15.1. The summed E-state index contributed by atoms with van der Waals surface area (Å²) in [6, 6.07) is 5.84. The van der Waals surface area contributed by atoms with E-state index in [0.29, 0.717) is 24.8 Å². The van der Waals surface area contributed by atoms with E-state index in [2.05, 4.69) is 0 Å². The molecular weight excluding hydrogens is 290 g/mol. The van der Waals surface area contributed by atoms with Gasteiger partial charge in [-0.2, -0.15) is 0 Å². The Labute approximate surface area is 130 Å².